The Hall–Kier alpha value is -1.46. The van der Waals surface area contributed by atoms with Crippen LogP contribution >= 0.6 is 0 Å². The van der Waals surface area contributed by atoms with Crippen LogP contribution in [0.15, 0.2) is 0 Å². The number of nitrogens with zero attached hydrogens (tertiary/aromatic N) is 1. The largest absolute Gasteiger partial charge is 0.458 e. The number of Topliss-reactive ketones (excluding diaryl/α,β-unsaturated/α-hetero) is 1. The zero-order valence-corrected chi connectivity index (χ0v) is 9.23. The summed E-state index contributed by atoms with van der Waals surface area (Å²) in [6.45, 7) is 0.739. The van der Waals surface area contributed by atoms with Gasteiger partial charge in [-0.05, 0) is 12.8 Å². The maximum absolute atomic E-state index is 11.8. The van der Waals surface area contributed by atoms with E-state index >= 15 is 0 Å². The van der Waals surface area contributed by atoms with Gasteiger partial charge in [0.15, 0.2) is 6.61 Å². The van der Waals surface area contributed by atoms with E-state index in [0.717, 1.165) is 6.42 Å². The van der Waals surface area contributed by atoms with E-state index in [9.17, 15) is 19.7 Å². The standard InChI is InChI=1S/C10H15NO5/c1-8(12)16-7-10(11(14)15)6-4-2-3-5-9(10)13/h2-7H2,1H3. The second-order valence-corrected chi connectivity index (χ2v) is 4.05. The molecule has 1 atom stereocenters. The highest BCUT2D eigenvalue weighted by Gasteiger charge is 2.51. The van der Waals surface area contributed by atoms with E-state index in [1.165, 1.54) is 6.92 Å². The highest BCUT2D eigenvalue weighted by Crippen LogP contribution is 2.27. The van der Waals surface area contributed by atoms with Crippen molar-refractivity contribution in [1.82, 2.24) is 0 Å². The van der Waals surface area contributed by atoms with Gasteiger partial charge < -0.3 is 4.74 Å². The molecule has 16 heavy (non-hydrogen) atoms. The average molecular weight is 229 g/mol. The maximum Gasteiger partial charge on any atom is 0.312 e. The molecule has 90 valence electrons. The summed E-state index contributed by atoms with van der Waals surface area (Å²) in [5, 5.41) is 11.0. The van der Waals surface area contributed by atoms with Gasteiger partial charge in [-0.3, -0.25) is 19.7 Å². The fraction of sp³-hybridized carbons (Fsp3) is 0.800. The molecule has 0 bridgehead atoms. The van der Waals surface area contributed by atoms with Crippen LogP contribution in [0.2, 0.25) is 0 Å². The normalized spacial score (nSPS) is 25.9. The van der Waals surface area contributed by atoms with Gasteiger partial charge in [-0.1, -0.05) is 6.42 Å². The molecule has 0 aromatic carbocycles. The van der Waals surface area contributed by atoms with E-state index in [1.807, 2.05) is 0 Å². The van der Waals surface area contributed by atoms with Crippen molar-refractivity contribution < 1.29 is 19.2 Å². The summed E-state index contributed by atoms with van der Waals surface area (Å²) in [5.41, 5.74) is -1.71. The van der Waals surface area contributed by atoms with Crippen molar-refractivity contribution in [3.8, 4) is 0 Å². The summed E-state index contributed by atoms with van der Waals surface area (Å²) in [4.78, 5) is 32.9. The minimum Gasteiger partial charge on any atom is -0.458 e. The van der Waals surface area contributed by atoms with Crippen LogP contribution in [0.4, 0.5) is 0 Å². The Labute approximate surface area is 93.1 Å². The Bertz CT molecular complexity index is 314. The monoisotopic (exact) mass is 229 g/mol. The average Bonchev–Trinajstić information content (AvgIpc) is 2.38. The summed E-state index contributed by atoms with van der Waals surface area (Å²) in [6.07, 6.45) is 2.46. The molecule has 0 N–H and O–H groups in total. The Balaban J connectivity index is 2.87. The van der Waals surface area contributed by atoms with Crippen molar-refractivity contribution in [2.24, 2.45) is 0 Å². The van der Waals surface area contributed by atoms with Crippen molar-refractivity contribution in [2.45, 2.75) is 44.6 Å². The quantitative estimate of drug-likeness (QED) is 0.313. The third kappa shape index (κ3) is 2.56. The van der Waals surface area contributed by atoms with Gasteiger partial charge in [0, 0.05) is 24.7 Å². The molecule has 1 rings (SSSR count). The Morgan fingerprint density at radius 3 is 2.75 bits per heavy atom. The van der Waals surface area contributed by atoms with Crippen molar-refractivity contribution >= 4 is 11.8 Å². The van der Waals surface area contributed by atoms with Gasteiger partial charge in [-0.2, -0.15) is 0 Å². The van der Waals surface area contributed by atoms with Crippen LogP contribution in [-0.4, -0.2) is 28.8 Å². The lowest BCUT2D eigenvalue weighted by molar-refractivity contribution is -0.556. The number of esters is 1. The minimum atomic E-state index is -1.71. The van der Waals surface area contributed by atoms with Gasteiger partial charge in [0.25, 0.3) is 0 Å². The first-order chi connectivity index (χ1) is 7.49. The molecule has 0 saturated heterocycles. The Kier molecular flexibility index (Phi) is 3.98. The minimum absolute atomic E-state index is 0.159. The highest BCUT2D eigenvalue weighted by atomic mass is 16.6. The van der Waals surface area contributed by atoms with Crippen molar-refractivity contribution in [2.75, 3.05) is 6.61 Å². The number of hydrogen-bond acceptors (Lipinski definition) is 5. The van der Waals surface area contributed by atoms with Crippen molar-refractivity contribution in [3.63, 3.8) is 0 Å². The summed E-state index contributed by atoms with van der Waals surface area (Å²) in [6, 6.07) is 0. The Morgan fingerprint density at radius 2 is 2.19 bits per heavy atom. The van der Waals surface area contributed by atoms with Crippen LogP contribution in [0.5, 0.6) is 0 Å². The fourth-order valence-electron chi connectivity index (χ4n) is 1.87. The van der Waals surface area contributed by atoms with E-state index in [1.54, 1.807) is 0 Å². The van der Waals surface area contributed by atoms with Gasteiger partial charge in [0.2, 0.25) is 5.78 Å². The SMILES string of the molecule is CC(=O)OCC1([N+](=O)[O-])CCCCCC1=O. The van der Waals surface area contributed by atoms with Gasteiger partial charge in [0.1, 0.15) is 0 Å². The number of carbonyl (C=O) groups excluding carboxylic acids is 2. The molecule has 0 heterocycles. The summed E-state index contributed by atoms with van der Waals surface area (Å²) in [7, 11) is 0. The maximum atomic E-state index is 11.8. The lowest BCUT2D eigenvalue weighted by Gasteiger charge is -2.21. The van der Waals surface area contributed by atoms with Crippen molar-refractivity contribution in [3.05, 3.63) is 10.1 Å². The predicted molar refractivity (Wildman–Crippen MR) is 54.5 cm³/mol. The number of rotatable bonds is 3. The molecular formula is C10H15NO5. The Morgan fingerprint density at radius 1 is 1.50 bits per heavy atom. The summed E-state index contributed by atoms with van der Waals surface area (Å²) < 4.78 is 4.67. The smallest absolute Gasteiger partial charge is 0.312 e. The third-order valence-corrected chi connectivity index (χ3v) is 2.88. The van der Waals surface area contributed by atoms with Gasteiger partial charge in [0.05, 0.1) is 0 Å². The van der Waals surface area contributed by atoms with E-state index in [4.69, 9.17) is 0 Å². The topological polar surface area (TPSA) is 86.5 Å². The molecule has 0 spiro atoms. The highest BCUT2D eigenvalue weighted by molar-refractivity contribution is 5.87. The van der Waals surface area contributed by atoms with Crippen LogP contribution in [0.1, 0.15) is 39.0 Å². The van der Waals surface area contributed by atoms with E-state index < -0.39 is 28.8 Å². The zero-order chi connectivity index (χ0) is 12.2. The summed E-state index contributed by atoms with van der Waals surface area (Å²) >= 11 is 0. The van der Waals surface area contributed by atoms with E-state index in [0.29, 0.717) is 12.8 Å². The first kappa shape index (κ1) is 12.6. The van der Waals surface area contributed by atoms with Gasteiger partial charge in [-0.15, -0.1) is 0 Å². The molecule has 1 saturated carbocycles. The third-order valence-electron chi connectivity index (χ3n) is 2.88. The molecule has 6 nitrogen and oxygen atoms in total. The summed E-state index contributed by atoms with van der Waals surface area (Å²) in [5.74, 6) is -1.02. The van der Waals surface area contributed by atoms with Crippen molar-refractivity contribution in [1.29, 1.82) is 0 Å². The lowest BCUT2D eigenvalue weighted by Crippen LogP contribution is -2.50. The van der Waals surface area contributed by atoms with Gasteiger partial charge in [-0.25, -0.2) is 0 Å². The number of carbonyl (C=O) groups is 2. The van der Waals surface area contributed by atoms with Crippen LogP contribution < -0.4 is 0 Å². The zero-order valence-electron chi connectivity index (χ0n) is 9.23. The molecule has 1 aliphatic carbocycles. The van der Waals surface area contributed by atoms with E-state index in [-0.39, 0.29) is 12.8 Å². The second-order valence-electron chi connectivity index (χ2n) is 4.05. The predicted octanol–water partition coefficient (Wildman–Crippen LogP) is 1.10. The number of hydrogen-bond donors (Lipinski definition) is 0. The van der Waals surface area contributed by atoms with Crippen LogP contribution in [-0.2, 0) is 14.3 Å². The van der Waals surface area contributed by atoms with E-state index in [2.05, 4.69) is 4.74 Å². The number of ether oxygens (including phenoxy) is 1. The van der Waals surface area contributed by atoms with Crippen LogP contribution in [0.3, 0.4) is 0 Å². The molecule has 0 aromatic heterocycles. The molecule has 1 fully saturated rings. The van der Waals surface area contributed by atoms with Gasteiger partial charge >= 0.3 is 11.5 Å². The molecule has 1 unspecified atom stereocenters. The number of nitro groups is 1. The molecular weight excluding hydrogens is 214 g/mol. The molecule has 1 aliphatic rings. The molecule has 0 aromatic rings. The fourth-order valence-corrected chi connectivity index (χ4v) is 1.87. The van der Waals surface area contributed by atoms with Crippen LogP contribution in [0, 0.1) is 10.1 Å². The first-order valence-corrected chi connectivity index (χ1v) is 5.30. The number of ketones is 1. The molecule has 0 amide bonds. The van der Waals surface area contributed by atoms with Crippen LogP contribution in [0.25, 0.3) is 0 Å². The second kappa shape index (κ2) is 5.05. The first-order valence-electron chi connectivity index (χ1n) is 5.30. The molecule has 0 radical (unpaired) electrons. The molecule has 0 aliphatic heterocycles. The lowest BCUT2D eigenvalue weighted by atomic mass is 9.90. The molecule has 6 heteroatoms.